The van der Waals surface area contributed by atoms with Gasteiger partial charge in [0.2, 0.25) is 0 Å². The maximum absolute atomic E-state index is 11.7. The largest absolute Gasteiger partial charge is 0.381 e. The van der Waals surface area contributed by atoms with E-state index in [0.29, 0.717) is 10.9 Å². The van der Waals surface area contributed by atoms with Crippen molar-refractivity contribution in [3.63, 3.8) is 0 Å². The third kappa shape index (κ3) is 3.46. The molecule has 2 rings (SSSR count). The predicted molar refractivity (Wildman–Crippen MR) is 73.7 cm³/mol. The fourth-order valence-electron chi connectivity index (χ4n) is 2.29. The molecule has 1 aliphatic rings. The predicted octanol–water partition coefficient (Wildman–Crippen LogP) is 1.64. The van der Waals surface area contributed by atoms with E-state index in [0.717, 1.165) is 38.0 Å². The third-order valence-electron chi connectivity index (χ3n) is 3.22. The van der Waals surface area contributed by atoms with Crippen LogP contribution in [0.2, 0.25) is 0 Å². The first-order valence-electron chi connectivity index (χ1n) is 6.34. The van der Waals surface area contributed by atoms with Crippen LogP contribution >= 0.6 is 0 Å². The van der Waals surface area contributed by atoms with Crippen LogP contribution in [0, 0.1) is 0 Å². The number of nitrogens with one attached hydrogen (secondary N) is 2. The highest BCUT2D eigenvalue weighted by Gasteiger charge is 2.16. The molecule has 18 heavy (non-hydrogen) atoms. The van der Waals surface area contributed by atoms with Gasteiger partial charge in [0.1, 0.15) is 0 Å². The molecule has 1 fully saturated rings. The van der Waals surface area contributed by atoms with E-state index in [1.165, 1.54) is 6.26 Å². The monoisotopic (exact) mass is 268 g/mol. The second-order valence-corrected chi connectivity index (χ2v) is 6.77. The van der Waals surface area contributed by atoms with Crippen LogP contribution in [-0.4, -0.2) is 33.8 Å². The molecule has 1 saturated heterocycles. The minimum absolute atomic E-state index is 0.350. The molecule has 1 aromatic carbocycles. The molecule has 0 amide bonds. The van der Waals surface area contributed by atoms with E-state index in [-0.39, 0.29) is 0 Å². The Kier molecular flexibility index (Phi) is 4.24. The lowest BCUT2D eigenvalue weighted by molar-refractivity contribution is 0.600. The van der Waals surface area contributed by atoms with Crippen molar-refractivity contribution in [1.29, 1.82) is 0 Å². The van der Waals surface area contributed by atoms with Crippen LogP contribution in [0.15, 0.2) is 29.2 Å². The van der Waals surface area contributed by atoms with E-state index in [2.05, 4.69) is 10.6 Å². The standard InChI is InChI=1S/C13H20N2O2S/c1-18(16,17)13-7-3-2-6-12(13)15-11-5-4-9-14-10-8-11/h2-3,6-7,11,14-15H,4-5,8-10H2,1H3. The Morgan fingerprint density at radius 1 is 1.22 bits per heavy atom. The zero-order chi connectivity index (χ0) is 13.0. The average Bonchev–Trinajstić information content (AvgIpc) is 2.57. The maximum Gasteiger partial charge on any atom is 0.177 e. The van der Waals surface area contributed by atoms with Crippen LogP contribution in [-0.2, 0) is 9.84 Å². The van der Waals surface area contributed by atoms with E-state index in [1.54, 1.807) is 12.1 Å². The Bertz CT molecular complexity index is 491. The van der Waals surface area contributed by atoms with Crippen LogP contribution in [0.1, 0.15) is 19.3 Å². The zero-order valence-corrected chi connectivity index (χ0v) is 11.5. The highest BCUT2D eigenvalue weighted by molar-refractivity contribution is 7.90. The van der Waals surface area contributed by atoms with Gasteiger partial charge in [-0.1, -0.05) is 12.1 Å². The van der Waals surface area contributed by atoms with Crippen molar-refractivity contribution in [1.82, 2.24) is 5.32 Å². The number of hydrogen-bond acceptors (Lipinski definition) is 4. The van der Waals surface area contributed by atoms with Gasteiger partial charge in [-0.3, -0.25) is 0 Å². The summed E-state index contributed by atoms with van der Waals surface area (Å²) in [6.45, 7) is 2.03. The highest BCUT2D eigenvalue weighted by Crippen LogP contribution is 2.23. The Balaban J connectivity index is 2.18. The molecule has 4 nitrogen and oxygen atoms in total. The van der Waals surface area contributed by atoms with Crippen LogP contribution in [0.25, 0.3) is 0 Å². The van der Waals surface area contributed by atoms with Crippen molar-refractivity contribution in [3.05, 3.63) is 24.3 Å². The number of para-hydroxylation sites is 1. The first-order valence-corrected chi connectivity index (χ1v) is 8.23. The summed E-state index contributed by atoms with van der Waals surface area (Å²) in [5, 5.41) is 6.73. The SMILES string of the molecule is CS(=O)(=O)c1ccccc1NC1CCCNCC1. The van der Waals surface area contributed by atoms with Crippen LogP contribution < -0.4 is 10.6 Å². The van der Waals surface area contributed by atoms with Gasteiger partial charge in [0.05, 0.1) is 10.6 Å². The number of hydrogen-bond donors (Lipinski definition) is 2. The van der Waals surface area contributed by atoms with Gasteiger partial charge in [-0.25, -0.2) is 8.42 Å². The van der Waals surface area contributed by atoms with Crippen molar-refractivity contribution in [2.45, 2.75) is 30.2 Å². The molecular weight excluding hydrogens is 248 g/mol. The molecule has 0 aromatic heterocycles. The van der Waals surface area contributed by atoms with Gasteiger partial charge in [-0.15, -0.1) is 0 Å². The Morgan fingerprint density at radius 2 is 2.00 bits per heavy atom. The number of anilines is 1. The van der Waals surface area contributed by atoms with Crippen LogP contribution in [0.4, 0.5) is 5.69 Å². The summed E-state index contributed by atoms with van der Waals surface area (Å²) in [5.41, 5.74) is 0.729. The minimum Gasteiger partial charge on any atom is -0.381 e. The molecule has 0 radical (unpaired) electrons. The molecule has 0 spiro atoms. The zero-order valence-electron chi connectivity index (χ0n) is 10.6. The molecule has 1 aromatic rings. The summed E-state index contributed by atoms with van der Waals surface area (Å²) < 4.78 is 23.4. The lowest BCUT2D eigenvalue weighted by Crippen LogP contribution is -2.22. The van der Waals surface area contributed by atoms with E-state index in [1.807, 2.05) is 12.1 Å². The minimum atomic E-state index is -3.17. The summed E-state index contributed by atoms with van der Waals surface area (Å²) in [6, 6.07) is 7.48. The molecular formula is C13H20N2O2S. The summed E-state index contributed by atoms with van der Waals surface area (Å²) >= 11 is 0. The molecule has 1 unspecified atom stereocenters. The van der Waals surface area contributed by atoms with Crippen molar-refractivity contribution >= 4 is 15.5 Å². The maximum atomic E-state index is 11.7. The lowest BCUT2D eigenvalue weighted by Gasteiger charge is -2.19. The van der Waals surface area contributed by atoms with E-state index in [4.69, 9.17) is 0 Å². The second-order valence-electron chi connectivity index (χ2n) is 4.79. The van der Waals surface area contributed by atoms with Crippen LogP contribution in [0.3, 0.4) is 0 Å². The quantitative estimate of drug-likeness (QED) is 0.875. The van der Waals surface area contributed by atoms with Gasteiger partial charge in [0, 0.05) is 12.3 Å². The molecule has 1 atom stereocenters. The number of sulfone groups is 1. The van der Waals surface area contributed by atoms with Gasteiger partial charge in [0.15, 0.2) is 9.84 Å². The lowest BCUT2D eigenvalue weighted by atomic mass is 10.1. The summed E-state index contributed by atoms with van der Waals surface area (Å²) in [5.74, 6) is 0. The molecule has 100 valence electrons. The number of benzene rings is 1. The molecule has 1 aliphatic heterocycles. The summed E-state index contributed by atoms with van der Waals surface area (Å²) in [6.07, 6.45) is 4.48. The van der Waals surface area contributed by atoms with Crippen molar-refractivity contribution in [2.75, 3.05) is 24.7 Å². The Labute approximate surface area is 109 Å². The fraction of sp³-hybridized carbons (Fsp3) is 0.538. The molecule has 5 heteroatoms. The Morgan fingerprint density at radius 3 is 2.78 bits per heavy atom. The van der Waals surface area contributed by atoms with Crippen molar-refractivity contribution in [2.24, 2.45) is 0 Å². The third-order valence-corrected chi connectivity index (χ3v) is 4.38. The van der Waals surface area contributed by atoms with Crippen LogP contribution in [0.5, 0.6) is 0 Å². The van der Waals surface area contributed by atoms with Gasteiger partial charge < -0.3 is 10.6 Å². The summed E-state index contributed by atoms with van der Waals surface area (Å²) in [7, 11) is -3.17. The normalized spacial score (nSPS) is 21.3. The van der Waals surface area contributed by atoms with Gasteiger partial charge in [-0.05, 0) is 44.5 Å². The molecule has 2 N–H and O–H groups in total. The van der Waals surface area contributed by atoms with E-state index >= 15 is 0 Å². The van der Waals surface area contributed by atoms with Gasteiger partial charge >= 0.3 is 0 Å². The number of rotatable bonds is 3. The van der Waals surface area contributed by atoms with E-state index < -0.39 is 9.84 Å². The topological polar surface area (TPSA) is 58.2 Å². The fourth-order valence-corrected chi connectivity index (χ4v) is 3.14. The molecule has 1 heterocycles. The smallest absolute Gasteiger partial charge is 0.177 e. The van der Waals surface area contributed by atoms with Crippen molar-refractivity contribution in [3.8, 4) is 0 Å². The molecule has 0 saturated carbocycles. The van der Waals surface area contributed by atoms with Crippen molar-refractivity contribution < 1.29 is 8.42 Å². The first kappa shape index (κ1) is 13.4. The highest BCUT2D eigenvalue weighted by atomic mass is 32.2. The second kappa shape index (κ2) is 5.71. The van der Waals surface area contributed by atoms with Gasteiger partial charge in [-0.2, -0.15) is 0 Å². The Hall–Kier alpha value is -1.07. The van der Waals surface area contributed by atoms with Gasteiger partial charge in [0.25, 0.3) is 0 Å². The molecule has 0 aliphatic carbocycles. The van der Waals surface area contributed by atoms with E-state index in [9.17, 15) is 8.42 Å². The summed E-state index contributed by atoms with van der Waals surface area (Å²) in [4.78, 5) is 0.391. The first-order chi connectivity index (χ1) is 8.57. The molecule has 0 bridgehead atoms. The average molecular weight is 268 g/mol.